The molecule has 0 radical (unpaired) electrons. The molecule has 2 N–H and O–H groups in total. The largest absolute Gasteiger partial charge is 1.00 e. The third-order valence-corrected chi connectivity index (χ3v) is 1.99. The van der Waals surface area contributed by atoms with Crippen molar-refractivity contribution in [2.45, 2.75) is 25.9 Å². The highest BCUT2D eigenvalue weighted by atomic mass is 35.5. The Morgan fingerprint density at radius 2 is 1.93 bits per heavy atom. The molecule has 0 aliphatic rings. The predicted octanol–water partition coefficient (Wildman–Crippen LogP) is -3.03. The molecule has 0 saturated carbocycles. The minimum Gasteiger partial charge on any atom is -1.00 e. The highest BCUT2D eigenvalue weighted by Crippen LogP contribution is 1.93. The lowest BCUT2D eigenvalue weighted by Gasteiger charge is -2.23. The molecule has 0 aliphatic carbocycles. The van der Waals surface area contributed by atoms with Crippen molar-refractivity contribution in [3.05, 3.63) is 0 Å². The van der Waals surface area contributed by atoms with Crippen LogP contribution in [0.1, 0.15) is 19.8 Å². The highest BCUT2D eigenvalue weighted by Gasteiger charge is 2.12. The van der Waals surface area contributed by atoms with Crippen LogP contribution in [0.15, 0.2) is 0 Å². The van der Waals surface area contributed by atoms with Gasteiger partial charge in [0.05, 0.1) is 27.7 Å². The molecule has 0 aromatic rings. The summed E-state index contributed by atoms with van der Waals surface area (Å²) in [6, 6.07) is 0. The van der Waals surface area contributed by atoms with Gasteiger partial charge in [-0.3, -0.25) is 4.79 Å². The number of hydrogen-bond acceptors (Lipinski definition) is 2. The van der Waals surface area contributed by atoms with E-state index in [2.05, 4.69) is 26.5 Å². The number of halogens is 1. The zero-order valence-electron chi connectivity index (χ0n) is 10.1. The summed E-state index contributed by atoms with van der Waals surface area (Å²) in [7, 11) is 6.34. The van der Waals surface area contributed by atoms with Gasteiger partial charge in [0.15, 0.2) is 0 Å². The number of amides is 1. The van der Waals surface area contributed by atoms with E-state index in [9.17, 15) is 4.79 Å². The number of carbonyl (C=O) groups excluding carboxylic acids is 1. The average Bonchev–Trinajstić information content (AvgIpc) is 2.09. The first-order valence-electron chi connectivity index (χ1n) is 5.13. The summed E-state index contributed by atoms with van der Waals surface area (Å²) >= 11 is 0. The lowest BCUT2D eigenvalue weighted by atomic mass is 10.2. The molecule has 92 valence electrons. The van der Waals surface area contributed by atoms with Crippen LogP contribution in [-0.4, -0.2) is 55.8 Å². The van der Waals surface area contributed by atoms with Crippen molar-refractivity contribution in [3.63, 3.8) is 0 Å². The summed E-state index contributed by atoms with van der Waals surface area (Å²) < 4.78 is 0.895. The minimum atomic E-state index is -0.848. The molecule has 0 fully saturated rings. The van der Waals surface area contributed by atoms with E-state index in [0.29, 0.717) is 13.0 Å². The monoisotopic (exact) mass is 238 g/mol. The van der Waals surface area contributed by atoms with Gasteiger partial charge in [-0.05, 0) is 6.42 Å². The first kappa shape index (κ1) is 17.1. The van der Waals surface area contributed by atoms with Crippen molar-refractivity contribution in [2.24, 2.45) is 0 Å². The predicted molar refractivity (Wildman–Crippen MR) is 56.8 cm³/mol. The Morgan fingerprint density at radius 3 is 2.33 bits per heavy atom. The number of nitrogens with one attached hydrogen (secondary N) is 1. The fourth-order valence-electron chi connectivity index (χ4n) is 1.07. The third kappa shape index (κ3) is 9.97. The minimum absolute atomic E-state index is 0. The first-order chi connectivity index (χ1) is 6.37. The van der Waals surface area contributed by atoms with E-state index < -0.39 is 6.10 Å². The Kier molecular flexibility index (Phi) is 9.01. The standard InChI is InChI=1S/C10H22N2O2.ClH/c1-5-9(13)10(14)11-7-6-8-12(2,3)4;/h9,13H,5-8H2,1-4H3;1H. The van der Waals surface area contributed by atoms with Crippen LogP contribution in [0.5, 0.6) is 0 Å². The van der Waals surface area contributed by atoms with Crippen LogP contribution in [0.4, 0.5) is 0 Å². The van der Waals surface area contributed by atoms with Gasteiger partial charge < -0.3 is 27.3 Å². The van der Waals surface area contributed by atoms with E-state index in [-0.39, 0.29) is 18.3 Å². The van der Waals surface area contributed by atoms with Crippen molar-refractivity contribution < 1.29 is 26.8 Å². The van der Waals surface area contributed by atoms with Crippen molar-refractivity contribution in [3.8, 4) is 0 Å². The normalized spacial score (nSPS) is 12.9. The number of nitrogens with zero attached hydrogens (tertiary/aromatic N) is 1. The molecule has 0 aliphatic heterocycles. The van der Waals surface area contributed by atoms with Crippen LogP contribution in [0.2, 0.25) is 0 Å². The summed E-state index contributed by atoms with van der Waals surface area (Å²) in [6.07, 6.45) is 0.562. The molecule has 4 nitrogen and oxygen atoms in total. The van der Waals surface area contributed by atoms with E-state index in [4.69, 9.17) is 5.11 Å². The van der Waals surface area contributed by atoms with Crippen molar-refractivity contribution in [1.29, 1.82) is 0 Å². The smallest absolute Gasteiger partial charge is 0.248 e. The number of quaternary nitrogens is 1. The number of aliphatic hydroxyl groups excluding tert-OH is 1. The maximum absolute atomic E-state index is 11.1. The molecular formula is C10H23ClN2O2. The van der Waals surface area contributed by atoms with Gasteiger partial charge in [0.2, 0.25) is 5.91 Å². The van der Waals surface area contributed by atoms with E-state index in [1.165, 1.54) is 0 Å². The van der Waals surface area contributed by atoms with Gasteiger partial charge >= 0.3 is 0 Å². The van der Waals surface area contributed by atoms with Gasteiger partial charge in [-0.2, -0.15) is 0 Å². The van der Waals surface area contributed by atoms with Crippen molar-refractivity contribution in [1.82, 2.24) is 5.32 Å². The van der Waals surface area contributed by atoms with Crippen LogP contribution >= 0.6 is 0 Å². The molecule has 0 aromatic heterocycles. The lowest BCUT2D eigenvalue weighted by Crippen LogP contribution is -3.00. The summed E-state index contributed by atoms with van der Waals surface area (Å²) in [5.74, 6) is -0.256. The molecule has 0 heterocycles. The SMILES string of the molecule is CCC(O)C(=O)NCCC[N+](C)(C)C.[Cl-]. The number of rotatable bonds is 6. The fraction of sp³-hybridized carbons (Fsp3) is 0.900. The van der Waals surface area contributed by atoms with Gasteiger partial charge in [-0.1, -0.05) is 6.92 Å². The summed E-state index contributed by atoms with van der Waals surface area (Å²) in [6.45, 7) is 3.45. The van der Waals surface area contributed by atoms with Gasteiger partial charge in [-0.25, -0.2) is 0 Å². The molecule has 0 saturated heterocycles. The summed E-state index contributed by atoms with van der Waals surface area (Å²) in [5, 5.41) is 11.9. The first-order valence-corrected chi connectivity index (χ1v) is 5.13. The summed E-state index contributed by atoms with van der Waals surface area (Å²) in [4.78, 5) is 11.1. The Balaban J connectivity index is 0. The van der Waals surface area contributed by atoms with Crippen molar-refractivity contribution in [2.75, 3.05) is 34.2 Å². The molecule has 0 bridgehead atoms. The van der Waals surface area contributed by atoms with Gasteiger partial charge in [0.1, 0.15) is 6.10 Å². The maximum Gasteiger partial charge on any atom is 0.248 e. The number of aliphatic hydroxyl groups is 1. The maximum atomic E-state index is 11.1. The number of hydrogen-bond donors (Lipinski definition) is 2. The van der Waals surface area contributed by atoms with Crippen LogP contribution in [0.3, 0.4) is 0 Å². The number of carbonyl (C=O) groups is 1. The molecule has 15 heavy (non-hydrogen) atoms. The molecule has 0 aromatic carbocycles. The lowest BCUT2D eigenvalue weighted by molar-refractivity contribution is -0.870. The van der Waals surface area contributed by atoms with Gasteiger partial charge in [-0.15, -0.1) is 0 Å². The molecule has 0 rings (SSSR count). The second-order valence-electron chi connectivity index (χ2n) is 4.58. The van der Waals surface area contributed by atoms with E-state index in [0.717, 1.165) is 17.4 Å². The molecule has 1 atom stereocenters. The Hall–Kier alpha value is -0.320. The van der Waals surface area contributed by atoms with Crippen LogP contribution in [0.25, 0.3) is 0 Å². The second kappa shape index (κ2) is 7.91. The third-order valence-electron chi connectivity index (χ3n) is 1.99. The highest BCUT2D eigenvalue weighted by molar-refractivity contribution is 5.80. The topological polar surface area (TPSA) is 49.3 Å². The second-order valence-corrected chi connectivity index (χ2v) is 4.58. The van der Waals surface area contributed by atoms with Crippen LogP contribution in [-0.2, 0) is 4.79 Å². The molecule has 5 heteroatoms. The van der Waals surface area contributed by atoms with E-state index in [1.54, 1.807) is 6.92 Å². The quantitative estimate of drug-likeness (QED) is 0.382. The van der Waals surface area contributed by atoms with E-state index in [1.807, 2.05) is 0 Å². The van der Waals surface area contributed by atoms with Gasteiger partial charge in [0, 0.05) is 13.0 Å². The Bertz CT molecular complexity index is 181. The molecular weight excluding hydrogens is 216 g/mol. The average molecular weight is 239 g/mol. The fourth-order valence-corrected chi connectivity index (χ4v) is 1.07. The van der Waals surface area contributed by atoms with Gasteiger partial charge in [0.25, 0.3) is 0 Å². The van der Waals surface area contributed by atoms with Crippen LogP contribution in [0, 0.1) is 0 Å². The van der Waals surface area contributed by atoms with Crippen LogP contribution < -0.4 is 17.7 Å². The molecule has 1 unspecified atom stereocenters. The van der Waals surface area contributed by atoms with Crippen molar-refractivity contribution >= 4 is 5.91 Å². The molecule has 0 spiro atoms. The zero-order chi connectivity index (χ0) is 11.2. The Labute approximate surface area is 98.7 Å². The molecule has 1 amide bonds. The summed E-state index contributed by atoms with van der Waals surface area (Å²) in [5.41, 5.74) is 0. The zero-order valence-corrected chi connectivity index (χ0v) is 10.8. The van der Waals surface area contributed by atoms with E-state index >= 15 is 0 Å². The Morgan fingerprint density at radius 1 is 1.40 bits per heavy atom.